The Labute approximate surface area is 104 Å². The Hall–Kier alpha value is 1.40. The normalized spacial score (nSPS) is 28.7. The Balaban J connectivity index is 2.13. The van der Waals surface area contributed by atoms with Crippen molar-refractivity contribution in [2.45, 2.75) is 56.5 Å². The van der Waals surface area contributed by atoms with Gasteiger partial charge in [-0.05, 0) is 6.42 Å². The Morgan fingerprint density at radius 1 is 1.07 bits per heavy atom. The molecule has 1 rings (SSSR count). The summed E-state index contributed by atoms with van der Waals surface area (Å²) in [6.07, 6.45) is 7.06. The van der Waals surface area contributed by atoms with Gasteiger partial charge in [0.15, 0.2) is 0 Å². The molecule has 0 radical (unpaired) electrons. The van der Waals surface area contributed by atoms with E-state index in [2.05, 4.69) is 46.2 Å². The summed E-state index contributed by atoms with van der Waals surface area (Å²) < 4.78 is 0. The summed E-state index contributed by atoms with van der Waals surface area (Å²) in [6, 6.07) is 0. The molecule has 14 heavy (non-hydrogen) atoms. The lowest BCUT2D eigenvalue weighted by Gasteiger charge is -2.18. The molecule has 2 unspecified atom stereocenters. The quantitative estimate of drug-likeness (QED) is 0.480. The van der Waals surface area contributed by atoms with Crippen LogP contribution < -0.4 is 0 Å². The second kappa shape index (κ2) is 8.54. The van der Waals surface area contributed by atoms with Gasteiger partial charge in [0.1, 0.15) is 0 Å². The predicted molar refractivity (Wildman–Crippen MR) is 77.2 cm³/mol. The van der Waals surface area contributed by atoms with Gasteiger partial charge in [-0.15, -0.1) is 0 Å². The van der Waals surface area contributed by atoms with Crippen LogP contribution in [0.2, 0.25) is 0 Å². The van der Waals surface area contributed by atoms with E-state index in [9.17, 15) is 0 Å². The maximum absolute atomic E-state index is 2.39. The second-order valence-corrected chi connectivity index (χ2v) is 9.36. The summed E-state index contributed by atoms with van der Waals surface area (Å²) in [5.74, 6) is 0. The second-order valence-electron chi connectivity index (χ2n) is 3.64. The molecule has 0 nitrogen and oxygen atoms in total. The maximum Gasteiger partial charge on any atom is 0.0600 e. The largest absolute Gasteiger partial charge is 0.0889 e. The lowest BCUT2D eigenvalue weighted by molar-refractivity contribution is 0.616. The van der Waals surface area contributed by atoms with Crippen molar-refractivity contribution in [1.82, 2.24) is 0 Å². The molecule has 0 spiro atoms. The van der Waals surface area contributed by atoms with E-state index < -0.39 is 0 Å². The number of hydrogen-bond acceptors (Lipinski definition) is 4. The summed E-state index contributed by atoms with van der Waals surface area (Å²) in [5.41, 5.74) is 0. The molecule has 1 fully saturated rings. The van der Waals surface area contributed by atoms with Crippen molar-refractivity contribution in [2.24, 2.45) is 0 Å². The van der Waals surface area contributed by atoms with Crippen molar-refractivity contribution in [3.05, 3.63) is 0 Å². The zero-order valence-electron chi connectivity index (χ0n) is 9.03. The Bertz CT molecular complexity index is 140. The van der Waals surface area contributed by atoms with E-state index in [1.54, 1.807) is 0 Å². The summed E-state index contributed by atoms with van der Waals surface area (Å²) in [4.78, 5) is 0. The van der Waals surface area contributed by atoms with Crippen LogP contribution in [0, 0.1) is 0 Å². The molecule has 4 heteroatoms. The van der Waals surface area contributed by atoms with Crippen LogP contribution in [0.25, 0.3) is 0 Å². The van der Waals surface area contributed by atoms with Crippen molar-refractivity contribution in [3.63, 3.8) is 0 Å². The first-order valence-electron chi connectivity index (χ1n) is 5.41. The summed E-state index contributed by atoms with van der Waals surface area (Å²) in [7, 11) is 8.29. The van der Waals surface area contributed by atoms with E-state index in [1.165, 1.54) is 37.2 Å². The van der Waals surface area contributed by atoms with Crippen LogP contribution >= 0.6 is 43.2 Å². The molecule has 1 aliphatic rings. The minimum absolute atomic E-state index is 0.835. The number of hydrogen-bond donors (Lipinski definition) is 0. The lowest BCUT2D eigenvalue weighted by atomic mass is 10.1. The highest BCUT2D eigenvalue weighted by atomic mass is 33.1. The minimum atomic E-state index is 0.835. The van der Waals surface area contributed by atoms with Crippen molar-refractivity contribution in [2.75, 3.05) is 5.08 Å². The van der Waals surface area contributed by atoms with Crippen molar-refractivity contribution in [1.29, 1.82) is 0 Å². The van der Waals surface area contributed by atoms with Gasteiger partial charge in [0.25, 0.3) is 0 Å². The first kappa shape index (κ1) is 13.5. The van der Waals surface area contributed by atoms with E-state index >= 15 is 0 Å². The molecule has 0 aromatic carbocycles. The first-order valence-corrected chi connectivity index (χ1v) is 10.2. The van der Waals surface area contributed by atoms with Crippen molar-refractivity contribution < 1.29 is 0 Å². The third kappa shape index (κ3) is 5.47. The number of rotatable bonds is 5. The third-order valence-corrected chi connectivity index (χ3v) is 9.31. The molecule has 0 bridgehead atoms. The summed E-state index contributed by atoms with van der Waals surface area (Å²) >= 11 is 0. The van der Waals surface area contributed by atoms with Gasteiger partial charge in [-0.3, -0.25) is 0 Å². The number of unbranched alkanes of at least 4 members (excludes halogenated alkanes) is 3. The molecule has 1 aliphatic heterocycles. The maximum atomic E-state index is 2.39. The Morgan fingerprint density at radius 2 is 1.86 bits per heavy atom. The van der Waals surface area contributed by atoms with Gasteiger partial charge in [-0.2, -0.15) is 0 Å². The molecule has 1 saturated heterocycles. The SMILES string of the molecule is CCCCCCC1SSCSSC1C. The van der Waals surface area contributed by atoms with E-state index in [-0.39, 0.29) is 0 Å². The van der Waals surface area contributed by atoms with E-state index in [1.807, 2.05) is 10.8 Å². The highest BCUT2D eigenvalue weighted by molar-refractivity contribution is 8.86. The summed E-state index contributed by atoms with van der Waals surface area (Å²) in [6.45, 7) is 4.67. The average molecular weight is 269 g/mol. The van der Waals surface area contributed by atoms with Crippen LogP contribution in [0.4, 0.5) is 0 Å². The molecule has 0 N–H and O–H groups in total. The van der Waals surface area contributed by atoms with Gasteiger partial charge in [0.2, 0.25) is 0 Å². The topological polar surface area (TPSA) is 0 Å². The zero-order valence-corrected chi connectivity index (χ0v) is 12.3. The molecule has 0 saturated carbocycles. The lowest BCUT2D eigenvalue weighted by Crippen LogP contribution is -2.13. The zero-order chi connectivity index (χ0) is 10.2. The van der Waals surface area contributed by atoms with Gasteiger partial charge < -0.3 is 0 Å². The monoisotopic (exact) mass is 268 g/mol. The molecule has 84 valence electrons. The van der Waals surface area contributed by atoms with E-state index in [4.69, 9.17) is 0 Å². The van der Waals surface area contributed by atoms with Gasteiger partial charge >= 0.3 is 0 Å². The van der Waals surface area contributed by atoms with Crippen LogP contribution in [0.3, 0.4) is 0 Å². The third-order valence-electron chi connectivity index (χ3n) is 2.37. The minimum Gasteiger partial charge on any atom is -0.0889 e. The van der Waals surface area contributed by atoms with Crippen LogP contribution in [0.15, 0.2) is 0 Å². The molecule has 0 aromatic heterocycles. The first-order chi connectivity index (χ1) is 6.84. The standard InChI is InChI=1S/C10H20S4/c1-3-4-5-6-7-10-9(2)13-11-8-12-14-10/h9-10H,3-8H2,1-2H3. The highest BCUT2D eigenvalue weighted by Gasteiger charge is 2.21. The molecular formula is C10H20S4. The molecule has 0 aliphatic carbocycles. The molecule has 1 heterocycles. The van der Waals surface area contributed by atoms with Crippen LogP contribution in [0.5, 0.6) is 0 Å². The predicted octanol–water partition coefficient (Wildman–Crippen LogP) is 5.45. The van der Waals surface area contributed by atoms with Gasteiger partial charge in [0, 0.05) is 10.5 Å². The summed E-state index contributed by atoms with van der Waals surface area (Å²) in [5, 5.41) is 2.98. The fourth-order valence-electron chi connectivity index (χ4n) is 1.47. The fourth-order valence-corrected chi connectivity index (χ4v) is 8.66. The van der Waals surface area contributed by atoms with Crippen LogP contribution in [0.1, 0.15) is 46.0 Å². The van der Waals surface area contributed by atoms with E-state index in [0.29, 0.717) is 0 Å². The highest BCUT2D eigenvalue weighted by Crippen LogP contribution is 2.46. The van der Waals surface area contributed by atoms with Gasteiger partial charge in [0.05, 0.1) is 5.08 Å². The Morgan fingerprint density at radius 3 is 2.64 bits per heavy atom. The van der Waals surface area contributed by atoms with Gasteiger partial charge in [-0.25, -0.2) is 0 Å². The molecule has 2 atom stereocenters. The molecular weight excluding hydrogens is 248 g/mol. The Kier molecular flexibility index (Phi) is 8.21. The molecule has 0 aromatic rings. The van der Waals surface area contributed by atoms with E-state index in [0.717, 1.165) is 10.5 Å². The molecule has 0 amide bonds. The van der Waals surface area contributed by atoms with Gasteiger partial charge in [-0.1, -0.05) is 82.7 Å². The average Bonchev–Trinajstić information content (AvgIpc) is 2.39. The van der Waals surface area contributed by atoms with Crippen molar-refractivity contribution >= 4 is 43.2 Å². The van der Waals surface area contributed by atoms with Crippen molar-refractivity contribution in [3.8, 4) is 0 Å². The van der Waals surface area contributed by atoms with Crippen LogP contribution in [-0.4, -0.2) is 15.6 Å². The smallest absolute Gasteiger partial charge is 0.0600 e. The van der Waals surface area contributed by atoms with Crippen LogP contribution in [-0.2, 0) is 0 Å². The fraction of sp³-hybridized carbons (Fsp3) is 1.00.